The Bertz CT molecular complexity index is 1140. The van der Waals surface area contributed by atoms with Crippen LogP contribution < -0.4 is 9.67 Å². The molecule has 0 radical (unpaired) electrons. The van der Waals surface area contributed by atoms with Crippen LogP contribution in [0.2, 0.25) is 10.0 Å². The van der Waals surface area contributed by atoms with Crippen LogP contribution >= 0.6 is 35.6 Å². The van der Waals surface area contributed by atoms with E-state index in [0.29, 0.717) is 21.3 Å². The molecule has 2 heterocycles. The normalized spacial score (nSPS) is 12.9. The number of hydrogen-bond donors (Lipinski definition) is 0. The first-order valence-corrected chi connectivity index (χ1v) is 10.2. The van der Waals surface area contributed by atoms with E-state index >= 15 is 0 Å². The lowest BCUT2D eigenvalue weighted by Crippen LogP contribution is -2.43. The van der Waals surface area contributed by atoms with E-state index in [1.165, 1.54) is 7.11 Å². The minimum atomic E-state index is -0.428. The molecule has 9 heteroatoms. The number of hydrogen-bond acceptors (Lipinski definition) is 4. The standard InChI is InChI=1S/C22H19Cl2N3O3.ClH/c1-30-22(29)14-4-7-16(8-5-14)25-20(28)13-26-12-19(27-10-2-3-21(26)27)15-6-9-17(23)18(24)11-15;/h4-9,11-12H,2-3,10,13H2,1H3;1H. The lowest BCUT2D eigenvalue weighted by atomic mass is 10.1. The van der Waals surface area contributed by atoms with Crippen molar-refractivity contribution in [1.29, 1.82) is 0 Å². The summed E-state index contributed by atoms with van der Waals surface area (Å²) >= 11 is 12.2. The van der Waals surface area contributed by atoms with E-state index in [9.17, 15) is 9.90 Å². The summed E-state index contributed by atoms with van der Waals surface area (Å²) in [6.45, 7) is 1.02. The Balaban J connectivity index is 0.00000272. The van der Waals surface area contributed by atoms with Crippen molar-refractivity contribution in [3.8, 4) is 11.3 Å². The highest BCUT2D eigenvalue weighted by molar-refractivity contribution is 6.42. The molecule has 0 saturated carbocycles. The molecule has 6 nitrogen and oxygen atoms in total. The summed E-state index contributed by atoms with van der Waals surface area (Å²) in [5.74, 6) is 0.384. The molecule has 0 atom stereocenters. The number of carbonyl (C=O) groups is 1. The number of carbonyl (C=O) groups excluding carboxylic acids is 1. The fourth-order valence-electron chi connectivity index (χ4n) is 3.65. The van der Waals surface area contributed by atoms with Gasteiger partial charge >= 0.3 is 5.97 Å². The van der Waals surface area contributed by atoms with Gasteiger partial charge in [-0.25, -0.2) is 13.9 Å². The van der Waals surface area contributed by atoms with E-state index in [1.54, 1.807) is 30.3 Å². The Morgan fingerprint density at radius 1 is 1.19 bits per heavy atom. The van der Waals surface area contributed by atoms with Crippen LogP contribution in [-0.2, 0) is 24.2 Å². The molecule has 0 fully saturated rings. The third kappa shape index (κ3) is 4.87. The molecule has 0 saturated heterocycles. The van der Waals surface area contributed by atoms with Crippen molar-refractivity contribution in [1.82, 2.24) is 4.57 Å². The maximum absolute atomic E-state index is 12.6. The second kappa shape index (κ2) is 9.73. The topological polar surface area (TPSA) is 70.5 Å². The molecule has 1 aliphatic rings. The summed E-state index contributed by atoms with van der Waals surface area (Å²) in [4.78, 5) is 15.7. The zero-order valence-corrected chi connectivity index (χ0v) is 19.0. The molecular formula is C22H20Cl3N3O3. The maximum Gasteiger partial charge on any atom is 0.337 e. The molecule has 31 heavy (non-hydrogen) atoms. The minimum absolute atomic E-state index is 0. The van der Waals surface area contributed by atoms with Crippen LogP contribution in [0.5, 0.6) is 0 Å². The number of esters is 1. The molecule has 2 aromatic carbocycles. The quantitative estimate of drug-likeness (QED) is 0.240. The third-order valence-electron chi connectivity index (χ3n) is 5.06. The van der Waals surface area contributed by atoms with Crippen LogP contribution in [0.3, 0.4) is 0 Å². The summed E-state index contributed by atoms with van der Waals surface area (Å²) < 4.78 is 8.82. The lowest BCUT2D eigenvalue weighted by molar-refractivity contribution is -0.693. The van der Waals surface area contributed by atoms with Crippen molar-refractivity contribution in [2.75, 3.05) is 7.11 Å². The van der Waals surface area contributed by atoms with Gasteiger partial charge in [0.15, 0.2) is 5.69 Å². The van der Waals surface area contributed by atoms with E-state index in [4.69, 9.17) is 23.2 Å². The number of ether oxygens (including phenoxy) is 1. The van der Waals surface area contributed by atoms with Gasteiger partial charge in [-0.1, -0.05) is 23.2 Å². The number of nitrogens with zero attached hydrogens (tertiary/aromatic N) is 3. The first-order valence-electron chi connectivity index (χ1n) is 9.46. The highest BCUT2D eigenvalue weighted by atomic mass is 35.5. The van der Waals surface area contributed by atoms with Crippen LogP contribution in [0.1, 0.15) is 22.6 Å². The number of aromatic nitrogens is 2. The van der Waals surface area contributed by atoms with E-state index in [1.807, 2.05) is 22.9 Å². The summed E-state index contributed by atoms with van der Waals surface area (Å²) in [5, 5.41) is 13.6. The van der Waals surface area contributed by atoms with Gasteiger partial charge in [-0.3, -0.25) is 4.99 Å². The van der Waals surface area contributed by atoms with Gasteiger partial charge in [0.1, 0.15) is 12.7 Å². The van der Waals surface area contributed by atoms with E-state index in [2.05, 4.69) is 14.3 Å². The van der Waals surface area contributed by atoms with E-state index in [-0.39, 0.29) is 24.8 Å². The number of rotatable bonds is 5. The minimum Gasteiger partial charge on any atom is -0.859 e. The van der Waals surface area contributed by atoms with Crippen LogP contribution in [0.4, 0.5) is 5.69 Å². The van der Waals surface area contributed by atoms with Crippen molar-refractivity contribution < 1.29 is 19.2 Å². The number of aliphatic imine (C=N–C) groups is 1. The molecule has 4 rings (SSSR count). The second-order valence-corrected chi connectivity index (χ2v) is 7.80. The van der Waals surface area contributed by atoms with Crippen LogP contribution in [0, 0.1) is 0 Å². The second-order valence-electron chi connectivity index (χ2n) is 6.99. The largest absolute Gasteiger partial charge is 0.859 e. The first-order chi connectivity index (χ1) is 14.5. The summed E-state index contributed by atoms with van der Waals surface area (Å²) in [6.07, 6.45) is 3.87. The van der Waals surface area contributed by atoms with Crippen LogP contribution in [0.25, 0.3) is 11.3 Å². The van der Waals surface area contributed by atoms with Gasteiger partial charge < -0.3 is 9.84 Å². The molecule has 0 amide bonds. The zero-order valence-electron chi connectivity index (χ0n) is 16.7. The van der Waals surface area contributed by atoms with E-state index in [0.717, 1.165) is 36.5 Å². The van der Waals surface area contributed by atoms with Crippen molar-refractivity contribution in [3.63, 3.8) is 0 Å². The Kier molecular flexibility index (Phi) is 7.26. The molecule has 0 N–H and O–H groups in total. The van der Waals surface area contributed by atoms with Gasteiger partial charge in [-0.15, -0.1) is 12.4 Å². The summed E-state index contributed by atoms with van der Waals surface area (Å²) in [5.41, 5.74) is 2.86. The van der Waals surface area contributed by atoms with Gasteiger partial charge in [-0.2, -0.15) is 0 Å². The number of fused-ring (bicyclic) bond motifs is 1. The van der Waals surface area contributed by atoms with Gasteiger partial charge in [0.2, 0.25) is 0 Å². The molecule has 1 aliphatic heterocycles. The van der Waals surface area contributed by atoms with Crippen molar-refractivity contribution >= 4 is 53.2 Å². The summed E-state index contributed by atoms with van der Waals surface area (Å²) in [7, 11) is 1.32. The number of benzene rings is 2. The Morgan fingerprint density at radius 2 is 1.94 bits per heavy atom. The average molecular weight is 481 g/mol. The monoisotopic (exact) mass is 479 g/mol. The molecular weight excluding hydrogens is 461 g/mol. The van der Waals surface area contributed by atoms with E-state index < -0.39 is 5.97 Å². The fourth-order valence-corrected chi connectivity index (χ4v) is 3.95. The highest BCUT2D eigenvalue weighted by Crippen LogP contribution is 2.30. The lowest BCUT2D eigenvalue weighted by Gasteiger charge is -2.09. The van der Waals surface area contributed by atoms with Gasteiger partial charge in [0.05, 0.1) is 41.4 Å². The SMILES string of the molecule is COC(=O)c1ccc(N=C([O-])C[n+]2cc(-c3ccc(Cl)c(Cl)c3)n3c2CCC3)cc1.Cl. The summed E-state index contributed by atoms with van der Waals surface area (Å²) in [6, 6.07) is 12.0. The maximum atomic E-state index is 12.6. The predicted octanol–water partition coefficient (Wildman–Crippen LogP) is 3.99. The van der Waals surface area contributed by atoms with Crippen LogP contribution in [0.15, 0.2) is 53.7 Å². The smallest absolute Gasteiger partial charge is 0.337 e. The first kappa shape index (κ1) is 23.1. The zero-order chi connectivity index (χ0) is 21.3. The van der Waals surface area contributed by atoms with Crippen molar-refractivity contribution in [2.24, 2.45) is 4.99 Å². The molecule has 0 aliphatic carbocycles. The number of halogens is 3. The predicted molar refractivity (Wildman–Crippen MR) is 121 cm³/mol. The Labute approximate surface area is 196 Å². The van der Waals surface area contributed by atoms with Crippen LogP contribution in [-0.4, -0.2) is 23.5 Å². The molecule has 0 unspecified atom stereocenters. The Hall–Kier alpha value is -2.54. The average Bonchev–Trinajstić information content (AvgIpc) is 3.34. The molecule has 1 aromatic heterocycles. The van der Waals surface area contributed by atoms with Gasteiger partial charge in [0, 0.05) is 11.5 Å². The third-order valence-corrected chi connectivity index (χ3v) is 5.80. The molecule has 3 aromatic rings. The number of imidazole rings is 1. The molecule has 0 bridgehead atoms. The molecule has 0 spiro atoms. The Morgan fingerprint density at radius 3 is 2.61 bits per heavy atom. The molecule has 162 valence electrons. The van der Waals surface area contributed by atoms with Crippen molar-refractivity contribution in [3.05, 3.63) is 70.1 Å². The van der Waals surface area contributed by atoms with Gasteiger partial charge in [0.25, 0.3) is 5.82 Å². The number of methoxy groups -OCH3 is 1. The highest BCUT2D eigenvalue weighted by Gasteiger charge is 2.28. The fraction of sp³-hybridized carbons (Fsp3) is 0.227. The van der Waals surface area contributed by atoms with Crippen molar-refractivity contribution in [2.45, 2.75) is 25.9 Å². The van der Waals surface area contributed by atoms with Gasteiger partial charge in [-0.05, 0) is 48.9 Å².